The number of amides is 1. The molecule has 0 saturated carbocycles. The fourth-order valence-electron chi connectivity index (χ4n) is 2.76. The van der Waals surface area contributed by atoms with Crippen molar-refractivity contribution in [1.82, 2.24) is 25.1 Å². The highest BCUT2D eigenvalue weighted by molar-refractivity contribution is 5.94. The molecule has 7 heteroatoms. The Morgan fingerprint density at radius 2 is 1.82 bits per heavy atom. The van der Waals surface area contributed by atoms with Crippen molar-refractivity contribution in [1.29, 1.82) is 0 Å². The van der Waals surface area contributed by atoms with E-state index in [1.165, 1.54) is 0 Å². The summed E-state index contributed by atoms with van der Waals surface area (Å²) in [6, 6.07) is 7.37. The summed E-state index contributed by atoms with van der Waals surface area (Å²) in [5.41, 5.74) is 1.55. The molecular formula is C15H19N5O2. The van der Waals surface area contributed by atoms with Crippen LogP contribution in [-0.4, -0.2) is 56.3 Å². The summed E-state index contributed by atoms with van der Waals surface area (Å²) in [5, 5.41) is 11.4. The van der Waals surface area contributed by atoms with Crippen LogP contribution in [0, 0.1) is 0 Å². The highest BCUT2D eigenvalue weighted by atomic mass is 16.5. The minimum absolute atomic E-state index is 0.0321. The average Bonchev–Trinajstić information content (AvgIpc) is 2.92. The lowest BCUT2D eigenvalue weighted by atomic mass is 10.1. The number of hydrogen-bond donors (Lipinski definition) is 0. The van der Waals surface area contributed by atoms with Crippen molar-refractivity contribution in [2.24, 2.45) is 7.05 Å². The summed E-state index contributed by atoms with van der Waals surface area (Å²) in [6.45, 7) is 5.22. The van der Waals surface area contributed by atoms with Gasteiger partial charge in [0.2, 0.25) is 0 Å². The maximum atomic E-state index is 12.6. The van der Waals surface area contributed by atoms with Gasteiger partial charge in [-0.1, -0.05) is 12.1 Å². The van der Waals surface area contributed by atoms with E-state index in [0.717, 1.165) is 5.56 Å². The molecule has 2 atom stereocenters. The maximum Gasteiger partial charge on any atom is 0.254 e. The molecule has 1 aliphatic heterocycles. The van der Waals surface area contributed by atoms with E-state index in [4.69, 9.17) is 4.74 Å². The molecule has 22 heavy (non-hydrogen) atoms. The maximum absolute atomic E-state index is 12.6. The van der Waals surface area contributed by atoms with E-state index in [-0.39, 0.29) is 18.1 Å². The highest BCUT2D eigenvalue weighted by Gasteiger charge is 2.26. The zero-order chi connectivity index (χ0) is 15.7. The molecule has 7 nitrogen and oxygen atoms in total. The summed E-state index contributed by atoms with van der Waals surface area (Å²) in [6.07, 6.45) is 0.133. The lowest BCUT2D eigenvalue weighted by molar-refractivity contribution is -0.0586. The van der Waals surface area contributed by atoms with E-state index in [0.29, 0.717) is 24.5 Å². The van der Waals surface area contributed by atoms with Crippen LogP contribution in [-0.2, 0) is 11.8 Å². The summed E-state index contributed by atoms with van der Waals surface area (Å²) in [7, 11) is 1.78. The molecule has 0 unspecified atom stereocenters. The van der Waals surface area contributed by atoms with E-state index < -0.39 is 0 Å². The molecule has 1 fully saturated rings. The number of nitrogens with zero attached hydrogens (tertiary/aromatic N) is 5. The van der Waals surface area contributed by atoms with E-state index in [1.807, 2.05) is 43.0 Å². The third-order valence-corrected chi connectivity index (χ3v) is 3.72. The standard InChI is InChI=1S/C15H19N5O2/c1-10-8-20(9-11(2)22-10)15(21)13-6-4-12(5-7-13)14-16-17-18-19(14)3/h4-7,10-11H,8-9H2,1-3H3/t10-,11-/m0/s1. The first kappa shape index (κ1) is 14.6. The molecule has 0 radical (unpaired) electrons. The Morgan fingerprint density at radius 1 is 1.18 bits per heavy atom. The van der Waals surface area contributed by atoms with Crippen LogP contribution >= 0.6 is 0 Å². The monoisotopic (exact) mass is 301 g/mol. The highest BCUT2D eigenvalue weighted by Crippen LogP contribution is 2.18. The van der Waals surface area contributed by atoms with Crippen molar-refractivity contribution in [3.05, 3.63) is 29.8 Å². The van der Waals surface area contributed by atoms with E-state index >= 15 is 0 Å². The Balaban J connectivity index is 1.78. The predicted octanol–water partition coefficient (Wildman–Crippen LogP) is 1.13. The van der Waals surface area contributed by atoms with Gasteiger partial charge in [0.25, 0.3) is 5.91 Å². The van der Waals surface area contributed by atoms with Gasteiger partial charge in [0, 0.05) is 31.3 Å². The van der Waals surface area contributed by atoms with Crippen molar-refractivity contribution < 1.29 is 9.53 Å². The summed E-state index contributed by atoms with van der Waals surface area (Å²) in [5.74, 6) is 0.706. The minimum atomic E-state index is 0.0321. The Morgan fingerprint density at radius 3 is 2.36 bits per heavy atom. The van der Waals surface area contributed by atoms with Crippen molar-refractivity contribution in [3.63, 3.8) is 0 Å². The van der Waals surface area contributed by atoms with E-state index in [9.17, 15) is 4.79 Å². The van der Waals surface area contributed by atoms with Crippen LogP contribution in [0.3, 0.4) is 0 Å². The van der Waals surface area contributed by atoms with E-state index in [1.54, 1.807) is 11.7 Å². The Kier molecular flexibility index (Phi) is 3.89. The van der Waals surface area contributed by atoms with Crippen LogP contribution < -0.4 is 0 Å². The zero-order valence-corrected chi connectivity index (χ0v) is 12.9. The van der Waals surface area contributed by atoms with Gasteiger partial charge >= 0.3 is 0 Å². The van der Waals surface area contributed by atoms with Crippen LogP contribution in [0.1, 0.15) is 24.2 Å². The molecule has 1 aromatic carbocycles. The van der Waals surface area contributed by atoms with Crippen LogP contribution in [0.2, 0.25) is 0 Å². The average molecular weight is 301 g/mol. The summed E-state index contributed by atoms with van der Waals surface area (Å²) < 4.78 is 7.26. The second-order valence-electron chi connectivity index (χ2n) is 5.67. The van der Waals surface area contributed by atoms with Crippen molar-refractivity contribution in [3.8, 4) is 11.4 Å². The minimum Gasteiger partial charge on any atom is -0.372 e. The predicted molar refractivity (Wildman–Crippen MR) is 80.1 cm³/mol. The van der Waals surface area contributed by atoms with Gasteiger partial charge < -0.3 is 9.64 Å². The van der Waals surface area contributed by atoms with Gasteiger partial charge in [-0.15, -0.1) is 5.10 Å². The number of tetrazole rings is 1. The number of carbonyl (C=O) groups is 1. The Labute approximate surface area is 128 Å². The molecule has 1 saturated heterocycles. The van der Waals surface area contributed by atoms with Crippen LogP contribution in [0.5, 0.6) is 0 Å². The number of carbonyl (C=O) groups excluding carboxylic acids is 1. The molecule has 0 bridgehead atoms. The van der Waals surface area contributed by atoms with Gasteiger partial charge in [0.05, 0.1) is 12.2 Å². The lowest BCUT2D eigenvalue weighted by Crippen LogP contribution is -2.48. The topological polar surface area (TPSA) is 73.1 Å². The fourth-order valence-corrected chi connectivity index (χ4v) is 2.76. The number of aromatic nitrogens is 4. The molecule has 0 spiro atoms. The molecule has 0 aliphatic carbocycles. The van der Waals surface area contributed by atoms with Gasteiger partial charge in [-0.2, -0.15) is 0 Å². The number of ether oxygens (including phenoxy) is 1. The first-order chi connectivity index (χ1) is 10.5. The van der Waals surface area contributed by atoms with Gasteiger partial charge in [0.15, 0.2) is 5.82 Å². The molecule has 1 amide bonds. The molecule has 1 aliphatic rings. The lowest BCUT2D eigenvalue weighted by Gasteiger charge is -2.35. The molecule has 2 heterocycles. The SMILES string of the molecule is C[C@H]1CN(C(=O)c2ccc(-c3nnnn3C)cc2)C[C@H](C)O1. The molecule has 116 valence electrons. The van der Waals surface area contributed by atoms with Crippen LogP contribution in [0.25, 0.3) is 11.4 Å². The van der Waals surface area contributed by atoms with Gasteiger partial charge in [-0.05, 0) is 36.4 Å². The normalized spacial score (nSPS) is 21.9. The van der Waals surface area contributed by atoms with Gasteiger partial charge in [-0.25, -0.2) is 4.68 Å². The molecule has 0 N–H and O–H groups in total. The quantitative estimate of drug-likeness (QED) is 0.831. The van der Waals surface area contributed by atoms with Crippen LogP contribution in [0.15, 0.2) is 24.3 Å². The number of rotatable bonds is 2. The van der Waals surface area contributed by atoms with Crippen LogP contribution in [0.4, 0.5) is 0 Å². The molecule has 3 rings (SSSR count). The molecular weight excluding hydrogens is 282 g/mol. The molecule has 2 aromatic rings. The summed E-state index contributed by atoms with van der Waals surface area (Å²) >= 11 is 0. The van der Waals surface area contributed by atoms with Gasteiger partial charge in [-0.3, -0.25) is 4.79 Å². The largest absolute Gasteiger partial charge is 0.372 e. The third-order valence-electron chi connectivity index (χ3n) is 3.72. The summed E-state index contributed by atoms with van der Waals surface area (Å²) in [4.78, 5) is 14.4. The first-order valence-electron chi connectivity index (χ1n) is 7.32. The van der Waals surface area contributed by atoms with Crippen molar-refractivity contribution >= 4 is 5.91 Å². The number of hydrogen-bond acceptors (Lipinski definition) is 5. The number of benzene rings is 1. The molecule has 1 aromatic heterocycles. The van der Waals surface area contributed by atoms with Crippen molar-refractivity contribution in [2.75, 3.05) is 13.1 Å². The number of aryl methyl sites for hydroxylation is 1. The van der Waals surface area contributed by atoms with Gasteiger partial charge in [0.1, 0.15) is 0 Å². The third kappa shape index (κ3) is 2.85. The fraction of sp³-hybridized carbons (Fsp3) is 0.467. The second-order valence-corrected chi connectivity index (χ2v) is 5.67. The second kappa shape index (κ2) is 5.84. The van der Waals surface area contributed by atoms with Crippen molar-refractivity contribution in [2.45, 2.75) is 26.1 Å². The Bertz CT molecular complexity index is 657. The smallest absolute Gasteiger partial charge is 0.254 e. The number of morpholine rings is 1. The first-order valence-corrected chi connectivity index (χ1v) is 7.32. The zero-order valence-electron chi connectivity index (χ0n) is 12.9. The van der Waals surface area contributed by atoms with E-state index in [2.05, 4.69) is 15.5 Å². The Hall–Kier alpha value is -2.28.